The topological polar surface area (TPSA) is 12.5 Å². The molecule has 0 aromatic rings. The lowest BCUT2D eigenvalue weighted by molar-refractivity contribution is -0.0568. The molecule has 0 N–H and O–H groups in total. The van der Waals surface area contributed by atoms with E-state index in [4.69, 9.17) is 4.74 Å². The molecule has 122 valence electrons. The molecule has 5 aliphatic rings. The van der Waals surface area contributed by atoms with Crippen molar-refractivity contribution in [3.63, 3.8) is 0 Å². The Morgan fingerprint density at radius 2 is 1.82 bits per heavy atom. The molecular weight excluding hydrogens is 268 g/mol. The molecule has 4 aliphatic carbocycles. The standard InChI is InChI=1S/C21H32O/c1-14-11-20(8-4-5-9-20)18-21(22-18)10-6-7-15(12-21)17-16(14)13-19(17,2)3/h15-18H,1,4-13H2,2-3H3. The molecule has 0 aromatic carbocycles. The van der Waals surface area contributed by atoms with Gasteiger partial charge in [-0.3, -0.25) is 0 Å². The third-order valence-corrected chi connectivity index (χ3v) is 8.40. The summed E-state index contributed by atoms with van der Waals surface area (Å²) in [6, 6.07) is 0. The van der Waals surface area contributed by atoms with Crippen molar-refractivity contribution < 1.29 is 4.74 Å². The van der Waals surface area contributed by atoms with Gasteiger partial charge in [-0.15, -0.1) is 0 Å². The van der Waals surface area contributed by atoms with Gasteiger partial charge in [-0.05, 0) is 68.1 Å². The van der Waals surface area contributed by atoms with Crippen LogP contribution in [0.25, 0.3) is 0 Å². The minimum Gasteiger partial charge on any atom is -0.365 e. The Balaban J connectivity index is 1.55. The summed E-state index contributed by atoms with van der Waals surface area (Å²) in [5.41, 5.74) is 2.92. The van der Waals surface area contributed by atoms with E-state index >= 15 is 0 Å². The number of hydrogen-bond donors (Lipinski definition) is 0. The van der Waals surface area contributed by atoms with Crippen LogP contribution in [0.15, 0.2) is 12.2 Å². The average Bonchev–Trinajstić information content (AvgIpc) is 2.93. The zero-order valence-corrected chi connectivity index (χ0v) is 14.5. The molecule has 1 heteroatoms. The highest BCUT2D eigenvalue weighted by molar-refractivity contribution is 5.24. The maximum Gasteiger partial charge on any atom is 0.0957 e. The van der Waals surface area contributed by atoms with Crippen LogP contribution in [0.4, 0.5) is 0 Å². The summed E-state index contributed by atoms with van der Waals surface area (Å²) < 4.78 is 6.57. The number of epoxide rings is 1. The van der Waals surface area contributed by atoms with E-state index in [0.29, 0.717) is 22.5 Å². The number of fused-ring (bicyclic) bond motifs is 4. The first kappa shape index (κ1) is 14.1. The molecule has 0 radical (unpaired) electrons. The Labute approximate surface area is 135 Å². The van der Waals surface area contributed by atoms with Gasteiger partial charge in [0.15, 0.2) is 0 Å². The monoisotopic (exact) mass is 300 g/mol. The number of ether oxygens (including phenoxy) is 1. The maximum absolute atomic E-state index is 6.57. The third kappa shape index (κ3) is 1.70. The molecule has 1 aliphatic heterocycles. The summed E-state index contributed by atoms with van der Waals surface area (Å²) in [7, 11) is 0. The lowest BCUT2D eigenvalue weighted by atomic mass is 9.48. The number of rotatable bonds is 0. The van der Waals surface area contributed by atoms with Crippen LogP contribution in [-0.4, -0.2) is 11.7 Å². The van der Waals surface area contributed by atoms with Crippen molar-refractivity contribution in [2.45, 2.75) is 89.8 Å². The summed E-state index contributed by atoms with van der Waals surface area (Å²) >= 11 is 0. The van der Waals surface area contributed by atoms with E-state index in [1.807, 2.05) is 0 Å². The van der Waals surface area contributed by atoms with Crippen LogP contribution in [0, 0.1) is 28.6 Å². The van der Waals surface area contributed by atoms with E-state index in [2.05, 4.69) is 20.4 Å². The molecule has 1 saturated heterocycles. The van der Waals surface area contributed by atoms with Crippen LogP contribution in [0.2, 0.25) is 0 Å². The van der Waals surface area contributed by atoms with Crippen molar-refractivity contribution >= 4 is 0 Å². The van der Waals surface area contributed by atoms with Gasteiger partial charge in [0.25, 0.3) is 0 Å². The Kier molecular flexibility index (Phi) is 2.69. The fourth-order valence-electron chi connectivity index (χ4n) is 7.62. The van der Waals surface area contributed by atoms with Crippen LogP contribution < -0.4 is 0 Å². The molecule has 4 saturated carbocycles. The lowest BCUT2D eigenvalue weighted by Gasteiger charge is -2.57. The van der Waals surface area contributed by atoms with E-state index in [1.54, 1.807) is 5.57 Å². The zero-order chi connectivity index (χ0) is 15.2. The zero-order valence-electron chi connectivity index (χ0n) is 14.5. The Bertz CT molecular complexity index is 512. The van der Waals surface area contributed by atoms with Gasteiger partial charge in [0, 0.05) is 5.41 Å². The Morgan fingerprint density at radius 1 is 1.05 bits per heavy atom. The average molecular weight is 300 g/mol. The molecule has 5 fully saturated rings. The van der Waals surface area contributed by atoms with Crippen LogP contribution in [0.3, 0.4) is 0 Å². The summed E-state index contributed by atoms with van der Waals surface area (Å²) in [6.45, 7) is 9.66. The number of allylic oxidation sites excluding steroid dienone is 1. The number of hydrogen-bond acceptors (Lipinski definition) is 1. The summed E-state index contributed by atoms with van der Waals surface area (Å²) in [5.74, 6) is 2.62. The fourth-order valence-corrected chi connectivity index (χ4v) is 7.62. The minimum atomic E-state index is 0.300. The molecule has 0 aromatic heterocycles. The predicted molar refractivity (Wildman–Crippen MR) is 89.6 cm³/mol. The second kappa shape index (κ2) is 4.21. The Morgan fingerprint density at radius 3 is 2.55 bits per heavy atom. The highest BCUT2D eigenvalue weighted by Gasteiger charge is 2.69. The van der Waals surface area contributed by atoms with Gasteiger partial charge >= 0.3 is 0 Å². The smallest absolute Gasteiger partial charge is 0.0957 e. The first-order valence-corrected chi connectivity index (χ1v) is 9.81. The van der Waals surface area contributed by atoms with Crippen LogP contribution in [-0.2, 0) is 4.74 Å². The van der Waals surface area contributed by atoms with Gasteiger partial charge in [-0.1, -0.05) is 45.3 Å². The van der Waals surface area contributed by atoms with Crippen LogP contribution in [0.5, 0.6) is 0 Å². The SMILES string of the molecule is C=C1CC2(CCCC2)C2OC23CCCC(C3)C2C1CC2(C)C. The maximum atomic E-state index is 6.57. The van der Waals surface area contributed by atoms with Gasteiger partial charge < -0.3 is 4.74 Å². The normalized spacial score (nSPS) is 51.1. The van der Waals surface area contributed by atoms with Crippen molar-refractivity contribution in [2.24, 2.45) is 28.6 Å². The van der Waals surface area contributed by atoms with Crippen molar-refractivity contribution in [2.75, 3.05) is 0 Å². The fraction of sp³-hybridized carbons (Fsp3) is 0.905. The molecule has 5 rings (SSSR count). The second-order valence-electron chi connectivity index (χ2n) is 10.1. The molecule has 2 bridgehead atoms. The molecular formula is C21H32O. The molecule has 0 amide bonds. The molecule has 5 atom stereocenters. The van der Waals surface area contributed by atoms with E-state index in [0.717, 1.165) is 17.8 Å². The van der Waals surface area contributed by atoms with E-state index in [1.165, 1.54) is 64.2 Å². The summed E-state index contributed by atoms with van der Waals surface area (Å²) in [5, 5.41) is 0. The van der Waals surface area contributed by atoms with Crippen LogP contribution >= 0.6 is 0 Å². The predicted octanol–water partition coefficient (Wildman–Crippen LogP) is 5.50. The first-order chi connectivity index (χ1) is 10.5. The van der Waals surface area contributed by atoms with Gasteiger partial charge in [-0.25, -0.2) is 0 Å². The largest absolute Gasteiger partial charge is 0.365 e. The second-order valence-corrected chi connectivity index (χ2v) is 10.1. The lowest BCUT2D eigenvalue weighted by Crippen LogP contribution is -2.50. The van der Waals surface area contributed by atoms with E-state index in [-0.39, 0.29) is 0 Å². The van der Waals surface area contributed by atoms with E-state index in [9.17, 15) is 0 Å². The quantitative estimate of drug-likeness (QED) is 0.425. The third-order valence-electron chi connectivity index (χ3n) is 8.40. The minimum absolute atomic E-state index is 0.300. The summed E-state index contributed by atoms with van der Waals surface area (Å²) in [6.07, 6.45) is 14.5. The molecule has 22 heavy (non-hydrogen) atoms. The van der Waals surface area contributed by atoms with E-state index < -0.39 is 0 Å². The molecule has 5 unspecified atom stereocenters. The van der Waals surface area contributed by atoms with Gasteiger partial charge in [-0.2, -0.15) is 0 Å². The van der Waals surface area contributed by atoms with Crippen LogP contribution in [0.1, 0.15) is 78.1 Å². The van der Waals surface area contributed by atoms with Crippen molar-refractivity contribution in [3.05, 3.63) is 12.2 Å². The molecule has 1 heterocycles. The highest BCUT2D eigenvalue weighted by Crippen LogP contribution is 2.69. The summed E-state index contributed by atoms with van der Waals surface area (Å²) in [4.78, 5) is 0. The first-order valence-electron chi connectivity index (χ1n) is 9.81. The van der Waals surface area contributed by atoms with Crippen molar-refractivity contribution in [1.82, 2.24) is 0 Å². The van der Waals surface area contributed by atoms with Crippen molar-refractivity contribution in [1.29, 1.82) is 0 Å². The van der Waals surface area contributed by atoms with Gasteiger partial charge in [0.1, 0.15) is 0 Å². The Hall–Kier alpha value is -0.300. The van der Waals surface area contributed by atoms with Gasteiger partial charge in [0.05, 0.1) is 11.7 Å². The molecule has 2 spiro atoms. The molecule has 1 nitrogen and oxygen atoms in total. The van der Waals surface area contributed by atoms with Gasteiger partial charge in [0.2, 0.25) is 0 Å². The van der Waals surface area contributed by atoms with Crippen molar-refractivity contribution in [3.8, 4) is 0 Å². The highest BCUT2D eigenvalue weighted by atomic mass is 16.6.